The number of nitrogens with one attached hydrogen (secondary N) is 2. The van der Waals surface area contributed by atoms with Crippen LogP contribution in [-0.2, 0) is 28.2 Å². The maximum atomic E-state index is 13.9. The van der Waals surface area contributed by atoms with Crippen molar-refractivity contribution in [3.05, 3.63) is 189 Å². The number of esters is 1. The fourth-order valence-corrected chi connectivity index (χ4v) is 8.53. The van der Waals surface area contributed by atoms with Crippen molar-refractivity contribution in [2.24, 2.45) is 5.92 Å². The minimum absolute atomic E-state index is 0.0603. The number of hydrogen-bond donors (Lipinski definition) is 5. The summed E-state index contributed by atoms with van der Waals surface area (Å²) < 4.78 is 5.91. The molecule has 5 aromatic carbocycles. The highest BCUT2D eigenvalue weighted by molar-refractivity contribution is 5.95. The SMILES string of the molecule is O=C(c1ccc(CNCC(O)c2ccc(O)c3[nH]c(=O)ccc23)cc1)N1CC=C(c2ccc(C(O)(C(=O)OCC3CCN(Cc4ccccc4)CC3)c3ccccc3)cc2)CC1. The van der Waals surface area contributed by atoms with Gasteiger partial charge in [-0.2, -0.15) is 0 Å². The first-order valence-electron chi connectivity index (χ1n) is 21.3. The summed E-state index contributed by atoms with van der Waals surface area (Å²) in [5.41, 5.74) is 4.31. The lowest BCUT2D eigenvalue weighted by molar-refractivity contribution is -0.164. The van der Waals surface area contributed by atoms with Crippen LogP contribution >= 0.6 is 0 Å². The molecule has 8 rings (SSSR count). The number of benzene rings is 5. The van der Waals surface area contributed by atoms with E-state index in [9.17, 15) is 29.7 Å². The summed E-state index contributed by atoms with van der Waals surface area (Å²) in [6.45, 7) is 4.71. The Labute approximate surface area is 360 Å². The first kappa shape index (κ1) is 42.3. The number of aliphatic hydroxyl groups is 2. The van der Waals surface area contributed by atoms with E-state index in [1.54, 1.807) is 48.5 Å². The number of amides is 1. The van der Waals surface area contributed by atoms with Crippen LogP contribution in [-0.4, -0.2) is 81.3 Å². The van der Waals surface area contributed by atoms with Crippen molar-refractivity contribution in [2.75, 3.05) is 39.3 Å². The molecular formula is C51H52N4O7. The van der Waals surface area contributed by atoms with Crippen molar-refractivity contribution in [3.63, 3.8) is 0 Å². The number of aromatic hydroxyl groups is 1. The number of piperidine rings is 1. The van der Waals surface area contributed by atoms with Crippen molar-refractivity contribution in [2.45, 2.75) is 44.1 Å². The second kappa shape index (κ2) is 19.1. The average molecular weight is 833 g/mol. The van der Waals surface area contributed by atoms with Gasteiger partial charge in [-0.3, -0.25) is 14.5 Å². The van der Waals surface area contributed by atoms with Gasteiger partial charge in [-0.1, -0.05) is 109 Å². The van der Waals surface area contributed by atoms with E-state index in [0.29, 0.717) is 53.7 Å². The van der Waals surface area contributed by atoms with E-state index < -0.39 is 17.7 Å². The minimum atomic E-state index is -1.97. The highest BCUT2D eigenvalue weighted by atomic mass is 16.5. The maximum Gasteiger partial charge on any atom is 0.347 e. The normalized spacial score (nSPS) is 16.4. The fraction of sp³-hybridized carbons (Fsp3) is 0.275. The number of H-pyrrole nitrogens is 1. The fourth-order valence-electron chi connectivity index (χ4n) is 8.53. The number of phenolic OH excluding ortho intramolecular Hbond substituents is 1. The van der Waals surface area contributed by atoms with Gasteiger partial charge in [0.25, 0.3) is 5.91 Å². The number of ether oxygens (including phenoxy) is 1. The number of pyridine rings is 1. The number of carbonyl (C=O) groups is 2. The third-order valence-corrected chi connectivity index (χ3v) is 12.2. The molecular weight excluding hydrogens is 781 g/mol. The molecule has 0 aliphatic carbocycles. The van der Waals surface area contributed by atoms with Crippen LogP contribution in [0.3, 0.4) is 0 Å². The molecule has 6 aromatic rings. The number of likely N-dealkylation sites (tertiary alicyclic amines) is 1. The van der Waals surface area contributed by atoms with Crippen molar-refractivity contribution >= 4 is 28.4 Å². The van der Waals surface area contributed by atoms with Crippen LogP contribution in [0.2, 0.25) is 0 Å². The molecule has 0 bridgehead atoms. The Morgan fingerprint density at radius 3 is 2.19 bits per heavy atom. The third-order valence-electron chi connectivity index (χ3n) is 12.2. The van der Waals surface area contributed by atoms with E-state index in [-0.39, 0.29) is 41.8 Å². The number of hydrogen-bond acceptors (Lipinski definition) is 9. The van der Waals surface area contributed by atoms with Gasteiger partial charge in [-0.05, 0) is 101 Å². The first-order valence-corrected chi connectivity index (χ1v) is 21.3. The maximum absolute atomic E-state index is 13.9. The minimum Gasteiger partial charge on any atom is -0.506 e. The third kappa shape index (κ3) is 9.56. The van der Waals surface area contributed by atoms with Crippen LogP contribution in [0, 0.1) is 5.92 Å². The van der Waals surface area contributed by atoms with Gasteiger partial charge in [-0.15, -0.1) is 0 Å². The number of aliphatic hydroxyl groups excluding tert-OH is 1. The molecule has 11 heteroatoms. The molecule has 0 saturated carbocycles. The van der Waals surface area contributed by atoms with E-state index in [0.717, 1.165) is 49.2 Å². The Kier molecular flexibility index (Phi) is 13.1. The van der Waals surface area contributed by atoms with Crippen LogP contribution in [0.5, 0.6) is 5.75 Å². The van der Waals surface area contributed by atoms with Crippen LogP contribution < -0.4 is 10.9 Å². The average Bonchev–Trinajstić information content (AvgIpc) is 3.32. The summed E-state index contributed by atoms with van der Waals surface area (Å²) in [6, 6.07) is 40.3. The Bertz CT molecular complexity index is 2570. The van der Waals surface area contributed by atoms with E-state index in [1.165, 1.54) is 17.7 Å². The smallest absolute Gasteiger partial charge is 0.347 e. The van der Waals surface area contributed by atoms with E-state index in [4.69, 9.17) is 4.74 Å². The van der Waals surface area contributed by atoms with E-state index >= 15 is 0 Å². The van der Waals surface area contributed by atoms with Crippen LogP contribution in [0.4, 0.5) is 0 Å². The standard InChI is InChI=1S/C51H52N4O7/c56-45-21-19-43(44-20-22-47(58)53-48(44)45)46(57)32-52-31-35-11-13-40(14-12-35)49(59)55-29-25-39(26-30-55)38-15-17-42(18-16-38)51(61,41-9-5-2-6-10-41)50(60)62-34-37-23-27-54(28-24-37)33-36-7-3-1-4-8-36/h1-22,25,37,46,52,56-57,61H,23-24,26-34H2,(H,53,58). The Hall–Kier alpha value is -6.37. The second-order valence-corrected chi connectivity index (χ2v) is 16.3. The molecule has 11 nitrogen and oxygen atoms in total. The molecule has 2 atom stereocenters. The number of phenols is 1. The molecule has 2 aliphatic heterocycles. The van der Waals surface area contributed by atoms with Crippen LogP contribution in [0.1, 0.15) is 69.1 Å². The first-order chi connectivity index (χ1) is 30.2. The van der Waals surface area contributed by atoms with Gasteiger partial charge in [0.2, 0.25) is 11.2 Å². The summed E-state index contributed by atoms with van der Waals surface area (Å²) >= 11 is 0. The molecule has 62 heavy (non-hydrogen) atoms. The predicted molar refractivity (Wildman–Crippen MR) is 239 cm³/mol. The lowest BCUT2D eigenvalue weighted by Gasteiger charge is -2.33. The van der Waals surface area contributed by atoms with Gasteiger partial charge in [0.15, 0.2) is 0 Å². The van der Waals surface area contributed by atoms with Crippen molar-refractivity contribution in [3.8, 4) is 5.75 Å². The molecule has 3 heterocycles. The molecule has 318 valence electrons. The van der Waals surface area contributed by atoms with Gasteiger partial charge >= 0.3 is 5.97 Å². The van der Waals surface area contributed by atoms with Crippen LogP contribution in [0.15, 0.2) is 144 Å². The lowest BCUT2D eigenvalue weighted by atomic mass is 9.85. The second-order valence-electron chi connectivity index (χ2n) is 16.3. The largest absolute Gasteiger partial charge is 0.506 e. The zero-order valence-corrected chi connectivity index (χ0v) is 34.6. The molecule has 5 N–H and O–H groups in total. The Balaban J connectivity index is 0.841. The molecule has 0 spiro atoms. The summed E-state index contributed by atoms with van der Waals surface area (Å²) in [4.78, 5) is 45.9. The number of nitrogens with zero attached hydrogens (tertiary/aromatic N) is 2. The highest BCUT2D eigenvalue weighted by Crippen LogP contribution is 2.34. The molecule has 2 aliphatic rings. The van der Waals surface area contributed by atoms with Crippen molar-refractivity contribution in [1.29, 1.82) is 0 Å². The molecule has 1 amide bonds. The van der Waals surface area contributed by atoms with Crippen molar-refractivity contribution < 1.29 is 29.6 Å². The number of carbonyl (C=O) groups excluding carboxylic acids is 2. The number of rotatable bonds is 14. The summed E-state index contributed by atoms with van der Waals surface area (Å²) in [5, 5.41) is 37.0. The van der Waals surface area contributed by atoms with E-state index in [1.807, 2.05) is 53.4 Å². The van der Waals surface area contributed by atoms with Crippen molar-refractivity contribution in [1.82, 2.24) is 20.1 Å². The van der Waals surface area contributed by atoms with Gasteiger partial charge in [0.05, 0.1) is 18.2 Å². The highest BCUT2D eigenvalue weighted by Gasteiger charge is 2.42. The number of aromatic amines is 1. The molecule has 1 fully saturated rings. The summed E-state index contributed by atoms with van der Waals surface area (Å²) in [6.07, 6.45) is 3.66. The summed E-state index contributed by atoms with van der Waals surface area (Å²) in [7, 11) is 0. The van der Waals surface area contributed by atoms with E-state index in [2.05, 4.69) is 45.5 Å². The Morgan fingerprint density at radius 1 is 0.806 bits per heavy atom. The quantitative estimate of drug-likeness (QED) is 0.0757. The topological polar surface area (TPSA) is 155 Å². The molecule has 1 saturated heterocycles. The molecule has 0 radical (unpaired) electrons. The zero-order valence-electron chi connectivity index (χ0n) is 34.6. The lowest BCUT2D eigenvalue weighted by Crippen LogP contribution is -2.40. The number of fused-ring (bicyclic) bond motifs is 1. The monoisotopic (exact) mass is 832 g/mol. The van der Waals surface area contributed by atoms with Gasteiger partial charge in [0, 0.05) is 49.7 Å². The zero-order chi connectivity index (χ0) is 43.1. The van der Waals surface area contributed by atoms with Gasteiger partial charge in [-0.25, -0.2) is 4.79 Å². The van der Waals surface area contributed by atoms with Gasteiger partial charge < -0.3 is 35.3 Å². The van der Waals surface area contributed by atoms with Crippen LogP contribution in [0.25, 0.3) is 16.5 Å². The number of aromatic nitrogens is 1. The summed E-state index contributed by atoms with van der Waals surface area (Å²) in [5.74, 6) is -0.581. The predicted octanol–water partition coefficient (Wildman–Crippen LogP) is 6.68. The molecule has 1 aromatic heterocycles. The molecule has 2 unspecified atom stereocenters. The van der Waals surface area contributed by atoms with Gasteiger partial charge in [0.1, 0.15) is 5.75 Å². The Morgan fingerprint density at radius 2 is 1.50 bits per heavy atom.